The van der Waals surface area contributed by atoms with Crippen molar-refractivity contribution in [3.63, 3.8) is 0 Å². The van der Waals surface area contributed by atoms with Crippen molar-refractivity contribution < 1.29 is 9.59 Å². The second kappa shape index (κ2) is 7.34. The van der Waals surface area contributed by atoms with Gasteiger partial charge in [-0.2, -0.15) is 0 Å². The molecule has 0 aliphatic rings. The molecule has 1 N–H and O–H groups in total. The van der Waals surface area contributed by atoms with Gasteiger partial charge in [0, 0.05) is 30.3 Å². The third kappa shape index (κ3) is 3.65. The Morgan fingerprint density at radius 2 is 1.85 bits per heavy atom. The Kier molecular flexibility index (Phi) is 5.14. The molecule has 1 heterocycles. The van der Waals surface area contributed by atoms with Crippen LogP contribution in [0.15, 0.2) is 48.5 Å². The minimum absolute atomic E-state index is 0.0142. The molecule has 2 aromatic carbocycles. The van der Waals surface area contributed by atoms with E-state index in [1.807, 2.05) is 61.9 Å². The van der Waals surface area contributed by atoms with Gasteiger partial charge >= 0.3 is 0 Å². The third-order valence-corrected chi connectivity index (χ3v) is 4.80. The first-order valence-electron chi connectivity index (χ1n) is 8.53. The molecule has 0 atom stereocenters. The van der Waals surface area contributed by atoms with Gasteiger partial charge in [-0.15, -0.1) is 0 Å². The van der Waals surface area contributed by atoms with Gasteiger partial charge in [0.1, 0.15) is 11.5 Å². The Hall–Kier alpha value is -2.59. The number of carbonyl (C=O) groups excluding carboxylic acids is 2. The first kappa shape index (κ1) is 18.2. The number of ketones is 1. The van der Waals surface area contributed by atoms with Crippen molar-refractivity contribution in [3.05, 3.63) is 64.8 Å². The van der Waals surface area contributed by atoms with E-state index in [2.05, 4.69) is 5.32 Å². The van der Waals surface area contributed by atoms with E-state index in [0.29, 0.717) is 22.8 Å². The number of Topliss-reactive ketones (excluding diaryl/α,β-unsaturated/α-hetero) is 1. The quantitative estimate of drug-likeness (QED) is 0.699. The van der Waals surface area contributed by atoms with E-state index in [-0.39, 0.29) is 17.6 Å². The lowest BCUT2D eigenvalue weighted by Crippen LogP contribution is -2.16. The number of rotatable bonds is 5. The van der Waals surface area contributed by atoms with Crippen molar-refractivity contribution in [2.75, 3.05) is 5.32 Å². The van der Waals surface area contributed by atoms with E-state index in [4.69, 9.17) is 11.6 Å². The number of benzene rings is 2. The zero-order valence-corrected chi connectivity index (χ0v) is 15.8. The summed E-state index contributed by atoms with van der Waals surface area (Å²) in [6, 6.07) is 15.0. The van der Waals surface area contributed by atoms with Crippen LogP contribution in [0.5, 0.6) is 0 Å². The lowest BCUT2D eigenvalue weighted by atomic mass is 10.0. The Morgan fingerprint density at radius 1 is 1.12 bits per heavy atom. The summed E-state index contributed by atoms with van der Waals surface area (Å²) in [5.74, 6) is -0.0791. The maximum absolute atomic E-state index is 12.7. The van der Waals surface area contributed by atoms with Crippen LogP contribution in [0.1, 0.15) is 29.9 Å². The fourth-order valence-corrected chi connectivity index (χ4v) is 3.12. The van der Waals surface area contributed by atoms with Gasteiger partial charge in [-0.1, -0.05) is 49.7 Å². The predicted molar refractivity (Wildman–Crippen MR) is 106 cm³/mol. The molecule has 134 valence electrons. The molecule has 0 saturated heterocycles. The molecule has 3 rings (SSSR count). The number of halogens is 1. The van der Waals surface area contributed by atoms with Crippen LogP contribution in [-0.4, -0.2) is 16.3 Å². The Balaban J connectivity index is 1.80. The number of nitrogens with zero attached hydrogens (tertiary/aromatic N) is 1. The van der Waals surface area contributed by atoms with Crippen molar-refractivity contribution in [3.8, 4) is 0 Å². The van der Waals surface area contributed by atoms with Gasteiger partial charge in [0.15, 0.2) is 0 Å². The smallest absolute Gasteiger partial charge is 0.272 e. The van der Waals surface area contributed by atoms with E-state index >= 15 is 0 Å². The average Bonchev–Trinajstić information content (AvgIpc) is 2.94. The molecule has 0 unspecified atom stereocenters. The molecule has 0 saturated carbocycles. The second-order valence-corrected chi connectivity index (χ2v) is 7.12. The molecule has 0 fully saturated rings. The number of aryl methyl sites for hydroxylation is 1. The fourth-order valence-electron chi connectivity index (χ4n) is 2.87. The van der Waals surface area contributed by atoms with E-state index in [9.17, 15) is 9.59 Å². The molecule has 0 spiro atoms. The Bertz CT molecular complexity index is 989. The van der Waals surface area contributed by atoms with Gasteiger partial charge in [-0.25, -0.2) is 0 Å². The maximum atomic E-state index is 12.7. The topological polar surface area (TPSA) is 51.1 Å². The van der Waals surface area contributed by atoms with Crippen LogP contribution >= 0.6 is 11.6 Å². The number of hydrogen-bond donors (Lipinski definition) is 1. The summed E-state index contributed by atoms with van der Waals surface area (Å²) < 4.78 is 1.86. The number of amides is 1. The number of hydrogen-bond acceptors (Lipinski definition) is 2. The number of nitrogens with one attached hydrogen (secondary N) is 1. The summed E-state index contributed by atoms with van der Waals surface area (Å²) in [6.45, 7) is 3.75. The largest absolute Gasteiger partial charge is 0.340 e. The SMILES string of the molecule is CC(C)C(=O)Cc1ccc(NC(=O)c2cc3ccccc3n2C)c(Cl)c1. The molecule has 0 radical (unpaired) electrons. The normalized spacial score (nSPS) is 11.1. The first-order chi connectivity index (χ1) is 12.4. The van der Waals surface area contributed by atoms with Crippen LogP contribution in [-0.2, 0) is 18.3 Å². The van der Waals surface area contributed by atoms with Crippen LogP contribution in [0, 0.1) is 5.92 Å². The first-order valence-corrected chi connectivity index (χ1v) is 8.91. The van der Waals surface area contributed by atoms with Gasteiger partial charge in [0.2, 0.25) is 0 Å². The third-order valence-electron chi connectivity index (χ3n) is 4.49. The van der Waals surface area contributed by atoms with E-state index in [0.717, 1.165) is 16.5 Å². The van der Waals surface area contributed by atoms with Crippen molar-refractivity contribution in [2.45, 2.75) is 20.3 Å². The van der Waals surface area contributed by atoms with E-state index < -0.39 is 0 Å². The van der Waals surface area contributed by atoms with Crippen LogP contribution in [0.25, 0.3) is 10.9 Å². The molecule has 0 aliphatic carbocycles. The summed E-state index contributed by atoms with van der Waals surface area (Å²) in [6.07, 6.45) is 0.342. The summed E-state index contributed by atoms with van der Waals surface area (Å²) >= 11 is 6.31. The van der Waals surface area contributed by atoms with Gasteiger partial charge in [-0.3, -0.25) is 9.59 Å². The fraction of sp³-hybridized carbons (Fsp3) is 0.238. The number of anilines is 1. The molecule has 0 bridgehead atoms. The summed E-state index contributed by atoms with van der Waals surface area (Å²) in [7, 11) is 1.86. The van der Waals surface area contributed by atoms with Crippen LogP contribution in [0.3, 0.4) is 0 Å². The standard InChI is InChI=1S/C21H21ClN2O2/c1-13(2)20(25)11-14-8-9-17(16(22)10-14)23-21(26)19-12-15-6-4-5-7-18(15)24(19)3/h4-10,12-13H,11H2,1-3H3,(H,23,26). The number of para-hydroxylation sites is 1. The predicted octanol–water partition coefficient (Wildman–Crippen LogP) is 4.85. The number of aromatic nitrogens is 1. The highest BCUT2D eigenvalue weighted by Gasteiger charge is 2.15. The average molecular weight is 369 g/mol. The van der Waals surface area contributed by atoms with Gasteiger partial charge < -0.3 is 9.88 Å². The zero-order valence-electron chi connectivity index (χ0n) is 15.0. The van der Waals surface area contributed by atoms with Crippen molar-refractivity contribution in [1.82, 2.24) is 4.57 Å². The second-order valence-electron chi connectivity index (χ2n) is 6.71. The van der Waals surface area contributed by atoms with Crippen LogP contribution < -0.4 is 5.32 Å². The molecule has 5 heteroatoms. The van der Waals surface area contributed by atoms with Gasteiger partial charge in [0.05, 0.1) is 10.7 Å². The lowest BCUT2D eigenvalue weighted by molar-refractivity contribution is -0.121. The van der Waals surface area contributed by atoms with Crippen molar-refractivity contribution in [1.29, 1.82) is 0 Å². The Morgan fingerprint density at radius 3 is 2.50 bits per heavy atom. The summed E-state index contributed by atoms with van der Waals surface area (Å²) in [4.78, 5) is 24.5. The highest BCUT2D eigenvalue weighted by Crippen LogP contribution is 2.25. The molecular formula is C21H21ClN2O2. The minimum Gasteiger partial charge on any atom is -0.340 e. The highest BCUT2D eigenvalue weighted by atomic mass is 35.5. The van der Waals surface area contributed by atoms with Crippen LogP contribution in [0.4, 0.5) is 5.69 Å². The number of fused-ring (bicyclic) bond motifs is 1. The molecule has 0 aliphatic heterocycles. The molecule has 1 amide bonds. The van der Waals surface area contributed by atoms with E-state index in [1.54, 1.807) is 12.1 Å². The molecule has 4 nitrogen and oxygen atoms in total. The molecule has 1 aromatic heterocycles. The molecule has 3 aromatic rings. The zero-order chi connectivity index (χ0) is 18.8. The Labute approximate surface area is 157 Å². The number of carbonyl (C=O) groups is 2. The van der Waals surface area contributed by atoms with Crippen LogP contribution in [0.2, 0.25) is 5.02 Å². The monoisotopic (exact) mass is 368 g/mol. The molecule has 26 heavy (non-hydrogen) atoms. The molecular weight excluding hydrogens is 348 g/mol. The summed E-state index contributed by atoms with van der Waals surface area (Å²) in [5.41, 5.74) is 2.92. The lowest BCUT2D eigenvalue weighted by Gasteiger charge is -2.10. The summed E-state index contributed by atoms with van der Waals surface area (Å²) in [5, 5.41) is 4.29. The highest BCUT2D eigenvalue weighted by molar-refractivity contribution is 6.34. The maximum Gasteiger partial charge on any atom is 0.272 e. The van der Waals surface area contributed by atoms with Crippen molar-refractivity contribution >= 4 is 39.9 Å². The van der Waals surface area contributed by atoms with Gasteiger partial charge in [0.25, 0.3) is 5.91 Å². The minimum atomic E-state index is -0.225. The van der Waals surface area contributed by atoms with Crippen molar-refractivity contribution in [2.24, 2.45) is 13.0 Å². The van der Waals surface area contributed by atoms with Gasteiger partial charge in [-0.05, 0) is 29.8 Å². The van der Waals surface area contributed by atoms with E-state index in [1.165, 1.54) is 0 Å².